The predicted molar refractivity (Wildman–Crippen MR) is 335 cm³/mol. The second-order valence-corrected chi connectivity index (χ2v) is 27.4. The number of carbonyl (C=O) groups is 4. The number of hydrogen-bond donors (Lipinski definition) is 3. The summed E-state index contributed by atoms with van der Waals surface area (Å²) >= 11 is 0. The van der Waals surface area contributed by atoms with Gasteiger partial charge in [0.1, 0.15) is 19.3 Å². The molecule has 17 nitrogen and oxygen atoms in total. The first-order valence-corrected chi connectivity index (χ1v) is 36.9. The van der Waals surface area contributed by atoms with Crippen LogP contribution < -0.4 is 0 Å². The molecule has 0 radical (unpaired) electrons. The summed E-state index contributed by atoms with van der Waals surface area (Å²) in [6, 6.07) is 0. The van der Waals surface area contributed by atoms with Gasteiger partial charge in [0.2, 0.25) is 0 Å². The molecule has 0 bridgehead atoms. The Morgan fingerprint density at radius 1 is 0.345 bits per heavy atom. The van der Waals surface area contributed by atoms with Gasteiger partial charge in [0.05, 0.1) is 26.4 Å². The summed E-state index contributed by atoms with van der Waals surface area (Å²) in [5, 5.41) is 10.5. The summed E-state index contributed by atoms with van der Waals surface area (Å²) in [6.07, 6.45) is 38.0. The third-order valence-corrected chi connectivity index (χ3v) is 17.5. The van der Waals surface area contributed by atoms with Crippen molar-refractivity contribution in [2.45, 2.75) is 336 Å². The number of phosphoric acid groups is 2. The summed E-state index contributed by atoms with van der Waals surface area (Å²) in [4.78, 5) is 72.0. The summed E-state index contributed by atoms with van der Waals surface area (Å²) in [5.41, 5.74) is 0. The number of carbonyl (C=O) groups excluding carboxylic acids is 4. The van der Waals surface area contributed by atoms with Crippen LogP contribution in [-0.4, -0.2) is 96.7 Å². The molecule has 0 aliphatic heterocycles. The van der Waals surface area contributed by atoms with E-state index in [0.717, 1.165) is 108 Å². The molecule has 0 spiro atoms. The van der Waals surface area contributed by atoms with Gasteiger partial charge in [-0.15, -0.1) is 0 Å². The quantitative estimate of drug-likeness (QED) is 0.0222. The van der Waals surface area contributed by atoms with Gasteiger partial charge < -0.3 is 33.8 Å². The second-order valence-electron chi connectivity index (χ2n) is 24.5. The van der Waals surface area contributed by atoms with Gasteiger partial charge in [-0.1, -0.05) is 267 Å². The molecule has 0 aliphatic carbocycles. The second kappa shape index (κ2) is 56.3. The molecule has 0 rings (SSSR count). The molecule has 0 fully saturated rings. The van der Waals surface area contributed by atoms with E-state index in [0.29, 0.717) is 31.6 Å². The standard InChI is InChI=1S/C65H126O17P2/c1-8-11-12-29-39-46-62(67)75-52-60(82-65(70)49-42-35-28-27-30-36-43-56(4)5)54-79-83(71,72)77-50-59(66)51-78-84(73,74)80-55-61(53-76-63(68)47-40-33-25-22-21-24-32-38-45-58(7)10-3)81-64(69)48-41-34-26-20-18-16-14-13-15-17-19-23-31-37-44-57(6)9-2/h56-61,66H,8-55H2,1-7H3,(H,71,72)(H,73,74)/t57?,58?,59-,60+,61+/m0/s1. The molecule has 498 valence electrons. The largest absolute Gasteiger partial charge is 0.472 e. The van der Waals surface area contributed by atoms with E-state index in [-0.39, 0.29) is 25.7 Å². The molecule has 0 aromatic carbocycles. The Labute approximate surface area is 511 Å². The van der Waals surface area contributed by atoms with Gasteiger partial charge in [-0.3, -0.25) is 37.3 Å². The summed E-state index contributed by atoms with van der Waals surface area (Å²) in [5.74, 6) is 0.144. The minimum Gasteiger partial charge on any atom is -0.462 e. The zero-order valence-corrected chi connectivity index (χ0v) is 56.1. The molecule has 84 heavy (non-hydrogen) atoms. The van der Waals surface area contributed by atoms with Crippen molar-refractivity contribution in [1.82, 2.24) is 0 Å². The van der Waals surface area contributed by atoms with E-state index in [9.17, 15) is 43.2 Å². The summed E-state index contributed by atoms with van der Waals surface area (Å²) in [6.45, 7) is 11.7. The Kier molecular flexibility index (Phi) is 55.0. The zero-order valence-electron chi connectivity index (χ0n) is 54.4. The van der Waals surface area contributed by atoms with Crippen molar-refractivity contribution in [1.29, 1.82) is 0 Å². The average Bonchev–Trinajstić information content (AvgIpc) is 3.65. The highest BCUT2D eigenvalue weighted by Gasteiger charge is 2.30. The number of esters is 4. The van der Waals surface area contributed by atoms with E-state index >= 15 is 0 Å². The molecule has 19 heteroatoms. The van der Waals surface area contributed by atoms with E-state index in [1.807, 2.05) is 0 Å². The van der Waals surface area contributed by atoms with Crippen molar-refractivity contribution in [3.63, 3.8) is 0 Å². The fourth-order valence-electron chi connectivity index (χ4n) is 9.59. The normalized spacial score (nSPS) is 15.0. The highest BCUT2D eigenvalue weighted by atomic mass is 31.2. The third-order valence-electron chi connectivity index (χ3n) is 15.6. The van der Waals surface area contributed by atoms with Gasteiger partial charge in [0, 0.05) is 25.7 Å². The first-order chi connectivity index (χ1) is 40.3. The van der Waals surface area contributed by atoms with Crippen molar-refractivity contribution < 1.29 is 80.2 Å². The van der Waals surface area contributed by atoms with Gasteiger partial charge in [0.15, 0.2) is 12.2 Å². The number of aliphatic hydroxyl groups is 1. The first-order valence-electron chi connectivity index (χ1n) is 33.9. The van der Waals surface area contributed by atoms with Crippen LogP contribution in [0.5, 0.6) is 0 Å². The Morgan fingerprint density at radius 3 is 0.905 bits per heavy atom. The van der Waals surface area contributed by atoms with Gasteiger partial charge in [-0.05, 0) is 43.4 Å². The Balaban J connectivity index is 5.16. The number of hydrogen-bond acceptors (Lipinski definition) is 15. The molecule has 4 unspecified atom stereocenters. The number of phosphoric ester groups is 2. The Morgan fingerprint density at radius 2 is 0.607 bits per heavy atom. The van der Waals surface area contributed by atoms with Crippen molar-refractivity contribution in [2.24, 2.45) is 17.8 Å². The van der Waals surface area contributed by atoms with Crippen LogP contribution in [0.25, 0.3) is 0 Å². The minimum absolute atomic E-state index is 0.101. The van der Waals surface area contributed by atoms with Gasteiger partial charge >= 0.3 is 39.5 Å². The smallest absolute Gasteiger partial charge is 0.462 e. The number of rotatable bonds is 63. The fourth-order valence-corrected chi connectivity index (χ4v) is 11.2. The van der Waals surface area contributed by atoms with E-state index in [2.05, 4.69) is 48.5 Å². The molecule has 0 amide bonds. The lowest BCUT2D eigenvalue weighted by molar-refractivity contribution is -0.161. The molecule has 0 aliphatic rings. The van der Waals surface area contributed by atoms with Gasteiger partial charge in [-0.25, -0.2) is 9.13 Å². The molecule has 3 N–H and O–H groups in total. The minimum atomic E-state index is -4.95. The Hall–Kier alpha value is -1.94. The number of ether oxygens (including phenoxy) is 4. The summed E-state index contributed by atoms with van der Waals surface area (Å²) < 4.78 is 67.8. The van der Waals surface area contributed by atoms with Crippen LogP contribution in [0.1, 0.15) is 318 Å². The Bertz CT molecular complexity index is 1670. The van der Waals surface area contributed by atoms with E-state index in [4.69, 9.17) is 37.0 Å². The van der Waals surface area contributed by atoms with Crippen LogP contribution in [-0.2, 0) is 65.4 Å². The fraction of sp³-hybridized carbons (Fsp3) is 0.938. The van der Waals surface area contributed by atoms with E-state index in [1.54, 1.807) is 0 Å². The molecule has 7 atom stereocenters. The monoisotopic (exact) mass is 1240 g/mol. The summed E-state index contributed by atoms with van der Waals surface area (Å²) in [7, 11) is -9.88. The van der Waals surface area contributed by atoms with E-state index < -0.39 is 97.5 Å². The maximum Gasteiger partial charge on any atom is 0.472 e. The molecular weight excluding hydrogens is 1110 g/mol. The highest BCUT2D eigenvalue weighted by Crippen LogP contribution is 2.45. The van der Waals surface area contributed by atoms with Gasteiger partial charge in [0.25, 0.3) is 0 Å². The van der Waals surface area contributed by atoms with Gasteiger partial charge in [-0.2, -0.15) is 0 Å². The lowest BCUT2D eigenvalue weighted by atomic mass is 9.99. The highest BCUT2D eigenvalue weighted by molar-refractivity contribution is 7.47. The first kappa shape index (κ1) is 82.1. The lowest BCUT2D eigenvalue weighted by Crippen LogP contribution is -2.30. The number of unbranched alkanes of at least 4 members (excludes halogenated alkanes) is 29. The predicted octanol–water partition coefficient (Wildman–Crippen LogP) is 17.9. The number of aliphatic hydroxyl groups excluding tert-OH is 1. The maximum absolute atomic E-state index is 13.0. The van der Waals surface area contributed by atoms with Crippen molar-refractivity contribution in [3.05, 3.63) is 0 Å². The van der Waals surface area contributed by atoms with Crippen LogP contribution in [0.2, 0.25) is 0 Å². The molecule has 0 heterocycles. The van der Waals surface area contributed by atoms with Crippen molar-refractivity contribution >= 4 is 39.5 Å². The SMILES string of the molecule is CCCCCCCC(=O)OC[C@H](COP(=O)(O)OC[C@H](O)COP(=O)(O)OC[C@@H](COC(=O)CCCCCCCCCCC(C)CC)OC(=O)CCCCCCCCCCCCCCCCC(C)CC)OC(=O)CCCCCCCCC(C)C. The van der Waals surface area contributed by atoms with Crippen molar-refractivity contribution in [3.8, 4) is 0 Å². The third kappa shape index (κ3) is 56.6. The molecule has 0 saturated heterocycles. The van der Waals surface area contributed by atoms with Crippen LogP contribution in [0, 0.1) is 17.8 Å². The lowest BCUT2D eigenvalue weighted by Gasteiger charge is -2.21. The zero-order chi connectivity index (χ0) is 62.4. The topological polar surface area (TPSA) is 237 Å². The van der Waals surface area contributed by atoms with Crippen molar-refractivity contribution in [2.75, 3.05) is 39.6 Å². The maximum atomic E-state index is 13.0. The average molecular weight is 1240 g/mol. The van der Waals surface area contributed by atoms with Crippen LogP contribution in [0.4, 0.5) is 0 Å². The van der Waals surface area contributed by atoms with E-state index in [1.165, 1.54) is 122 Å². The molecular formula is C65H126O17P2. The van der Waals surface area contributed by atoms with Crippen LogP contribution in [0.3, 0.4) is 0 Å². The molecule has 0 aromatic rings. The molecule has 0 saturated carbocycles. The molecule has 0 aromatic heterocycles. The van der Waals surface area contributed by atoms with Crippen LogP contribution >= 0.6 is 15.6 Å². The van der Waals surface area contributed by atoms with Crippen LogP contribution in [0.15, 0.2) is 0 Å².